The lowest BCUT2D eigenvalue weighted by Crippen LogP contribution is -2.47. The van der Waals surface area contributed by atoms with E-state index in [1.165, 1.54) is 6.26 Å². The summed E-state index contributed by atoms with van der Waals surface area (Å²) in [5.41, 5.74) is 2.60. The molecule has 42 heavy (non-hydrogen) atoms. The van der Waals surface area contributed by atoms with Crippen LogP contribution in [0.25, 0.3) is 10.8 Å². The predicted molar refractivity (Wildman–Crippen MR) is 167 cm³/mol. The SMILES string of the molecule is Cc1cc([C@@H](C)Nc2ccccc2S(C)(=O)=O)c2cc(N3CCN(c4cnn(C(C)(C)C#N)c4)CC3)n(C)c(=O)c2c1. The number of pyridine rings is 1. The van der Waals surface area contributed by atoms with Crippen molar-refractivity contribution in [2.45, 2.75) is 44.2 Å². The highest BCUT2D eigenvalue weighted by atomic mass is 32.2. The summed E-state index contributed by atoms with van der Waals surface area (Å²) < 4.78 is 28.2. The van der Waals surface area contributed by atoms with E-state index in [9.17, 15) is 18.5 Å². The van der Waals surface area contributed by atoms with E-state index < -0.39 is 15.4 Å². The molecule has 1 atom stereocenters. The summed E-state index contributed by atoms with van der Waals surface area (Å²) >= 11 is 0. The number of benzene rings is 2. The average Bonchev–Trinajstić information content (AvgIpc) is 3.46. The number of nitrogens with zero attached hydrogens (tertiary/aromatic N) is 6. The van der Waals surface area contributed by atoms with Gasteiger partial charge >= 0.3 is 0 Å². The fourth-order valence-corrected chi connectivity index (χ4v) is 6.44. The van der Waals surface area contributed by atoms with Gasteiger partial charge in [-0.2, -0.15) is 10.4 Å². The van der Waals surface area contributed by atoms with Crippen LogP contribution in [0.1, 0.15) is 37.9 Å². The van der Waals surface area contributed by atoms with Crippen LogP contribution in [0.15, 0.2) is 64.5 Å². The van der Waals surface area contributed by atoms with Gasteiger partial charge < -0.3 is 15.1 Å². The van der Waals surface area contributed by atoms with Crippen molar-refractivity contribution in [1.29, 1.82) is 5.26 Å². The van der Waals surface area contributed by atoms with Crippen molar-refractivity contribution in [2.75, 3.05) is 47.6 Å². The number of anilines is 3. The lowest BCUT2D eigenvalue weighted by atomic mass is 9.97. The number of aromatic nitrogens is 3. The lowest BCUT2D eigenvalue weighted by molar-refractivity contribution is 0.418. The number of para-hydroxylation sites is 1. The van der Waals surface area contributed by atoms with E-state index in [1.807, 2.05) is 47.0 Å². The Morgan fingerprint density at radius 3 is 2.38 bits per heavy atom. The first-order valence-electron chi connectivity index (χ1n) is 14.0. The van der Waals surface area contributed by atoms with Crippen LogP contribution in [0.2, 0.25) is 0 Å². The van der Waals surface area contributed by atoms with Gasteiger partial charge in [-0.25, -0.2) is 8.42 Å². The molecule has 1 fully saturated rings. The first-order valence-corrected chi connectivity index (χ1v) is 15.9. The van der Waals surface area contributed by atoms with Crippen molar-refractivity contribution in [3.05, 3.63) is 76.3 Å². The molecule has 220 valence electrons. The maximum absolute atomic E-state index is 13.7. The molecule has 1 aliphatic rings. The quantitative estimate of drug-likeness (QED) is 0.342. The van der Waals surface area contributed by atoms with Gasteiger partial charge in [0.05, 0.1) is 34.7 Å². The molecule has 1 N–H and O–H groups in total. The zero-order valence-corrected chi connectivity index (χ0v) is 25.7. The molecule has 10 nitrogen and oxygen atoms in total. The summed E-state index contributed by atoms with van der Waals surface area (Å²) in [7, 11) is -1.61. The van der Waals surface area contributed by atoms with Gasteiger partial charge in [-0.1, -0.05) is 18.2 Å². The van der Waals surface area contributed by atoms with E-state index in [-0.39, 0.29) is 16.5 Å². The molecular weight excluding hydrogens is 550 g/mol. The number of sulfone groups is 1. The number of aryl methyl sites for hydroxylation is 1. The maximum Gasteiger partial charge on any atom is 0.259 e. The smallest absolute Gasteiger partial charge is 0.259 e. The van der Waals surface area contributed by atoms with Crippen LogP contribution < -0.4 is 20.7 Å². The second-order valence-corrected chi connectivity index (χ2v) is 13.6. The van der Waals surface area contributed by atoms with Gasteiger partial charge in [0, 0.05) is 50.9 Å². The molecule has 2 aromatic carbocycles. The Morgan fingerprint density at radius 2 is 1.71 bits per heavy atom. The molecule has 0 spiro atoms. The Balaban J connectivity index is 1.46. The van der Waals surface area contributed by atoms with Gasteiger partial charge in [0.1, 0.15) is 11.4 Å². The first-order chi connectivity index (χ1) is 19.8. The zero-order chi connectivity index (χ0) is 30.4. The molecule has 0 amide bonds. The maximum atomic E-state index is 13.7. The van der Waals surface area contributed by atoms with Crippen LogP contribution in [0, 0.1) is 18.3 Å². The van der Waals surface area contributed by atoms with E-state index in [0.717, 1.165) is 41.1 Å². The van der Waals surface area contributed by atoms with Crippen molar-refractivity contribution in [3.8, 4) is 6.07 Å². The van der Waals surface area contributed by atoms with Gasteiger partial charge in [-0.15, -0.1) is 0 Å². The summed E-state index contributed by atoms with van der Waals surface area (Å²) in [5.74, 6) is 0.835. The number of rotatable bonds is 7. The van der Waals surface area contributed by atoms with Crippen LogP contribution >= 0.6 is 0 Å². The first kappa shape index (κ1) is 29.2. The number of hydrogen-bond acceptors (Lipinski definition) is 8. The molecule has 2 aromatic heterocycles. The molecule has 4 aromatic rings. The van der Waals surface area contributed by atoms with Crippen LogP contribution in [-0.2, 0) is 22.4 Å². The second-order valence-electron chi connectivity index (χ2n) is 11.6. The second kappa shape index (κ2) is 10.8. The molecule has 0 bridgehead atoms. The molecule has 0 radical (unpaired) electrons. The largest absolute Gasteiger partial charge is 0.377 e. The van der Waals surface area contributed by atoms with Gasteiger partial charge in [0.15, 0.2) is 9.84 Å². The van der Waals surface area contributed by atoms with Crippen LogP contribution in [0.5, 0.6) is 0 Å². The topological polar surface area (TPSA) is 116 Å². The fraction of sp³-hybridized carbons (Fsp3) is 0.387. The van der Waals surface area contributed by atoms with Crippen molar-refractivity contribution in [2.24, 2.45) is 7.05 Å². The van der Waals surface area contributed by atoms with Gasteiger partial charge in [0.25, 0.3) is 5.56 Å². The Hall–Kier alpha value is -4.30. The minimum absolute atomic E-state index is 0.0707. The van der Waals surface area contributed by atoms with E-state index >= 15 is 0 Å². The summed E-state index contributed by atoms with van der Waals surface area (Å²) in [4.78, 5) is 18.4. The summed E-state index contributed by atoms with van der Waals surface area (Å²) in [5, 5.41) is 18.7. The summed E-state index contributed by atoms with van der Waals surface area (Å²) in [6.45, 7) is 10.5. The van der Waals surface area contributed by atoms with Crippen molar-refractivity contribution < 1.29 is 8.42 Å². The van der Waals surface area contributed by atoms with Gasteiger partial charge in [-0.05, 0) is 68.5 Å². The van der Waals surface area contributed by atoms with E-state index in [0.29, 0.717) is 24.2 Å². The molecule has 0 unspecified atom stereocenters. The molecule has 1 aliphatic heterocycles. The number of fused-ring (bicyclic) bond motifs is 1. The van der Waals surface area contributed by atoms with Gasteiger partial charge in [-0.3, -0.25) is 14.0 Å². The normalized spacial score (nSPS) is 15.1. The monoisotopic (exact) mass is 587 g/mol. The fourth-order valence-electron chi connectivity index (χ4n) is 5.58. The predicted octanol–water partition coefficient (Wildman–Crippen LogP) is 4.21. The Labute approximate surface area is 246 Å². The molecule has 11 heteroatoms. The van der Waals surface area contributed by atoms with Crippen LogP contribution in [-0.4, -0.2) is 55.2 Å². The van der Waals surface area contributed by atoms with E-state index in [2.05, 4.69) is 38.4 Å². The van der Waals surface area contributed by atoms with Gasteiger partial charge in [0.2, 0.25) is 0 Å². The lowest BCUT2D eigenvalue weighted by Gasteiger charge is -2.37. The van der Waals surface area contributed by atoms with Crippen molar-refractivity contribution in [1.82, 2.24) is 14.3 Å². The molecule has 0 saturated carbocycles. The number of piperazine rings is 1. The Morgan fingerprint density at radius 1 is 1.05 bits per heavy atom. The zero-order valence-electron chi connectivity index (χ0n) is 24.9. The van der Waals surface area contributed by atoms with Crippen LogP contribution in [0.3, 0.4) is 0 Å². The van der Waals surface area contributed by atoms with E-state index in [4.69, 9.17) is 0 Å². The molecule has 1 saturated heterocycles. The highest BCUT2D eigenvalue weighted by Gasteiger charge is 2.25. The number of nitriles is 1. The third-order valence-electron chi connectivity index (χ3n) is 8.02. The summed E-state index contributed by atoms with van der Waals surface area (Å²) in [6, 6.07) is 15.0. The highest BCUT2D eigenvalue weighted by molar-refractivity contribution is 7.90. The van der Waals surface area contributed by atoms with Crippen molar-refractivity contribution in [3.63, 3.8) is 0 Å². The molecular formula is C31H37N7O3S. The minimum atomic E-state index is -3.42. The van der Waals surface area contributed by atoms with E-state index in [1.54, 1.807) is 39.7 Å². The standard InChI is InChI=1S/C31H37N7O3S/c1-21-15-24(22(2)34-27-9-7-8-10-28(27)42(6,40)41)25-17-29(35(5)30(39)26(25)16-21)37-13-11-36(12-14-37)23-18-33-38(19-23)31(3,4)20-32/h7-10,15-19,22,34H,11-14H2,1-6H3/t22-/m1/s1. The third kappa shape index (κ3) is 5.46. The summed E-state index contributed by atoms with van der Waals surface area (Å²) in [6.07, 6.45) is 4.91. The highest BCUT2D eigenvalue weighted by Crippen LogP contribution is 2.32. The molecule has 5 rings (SSSR count). The number of hydrogen-bond donors (Lipinski definition) is 1. The molecule has 3 heterocycles. The minimum Gasteiger partial charge on any atom is -0.377 e. The third-order valence-corrected chi connectivity index (χ3v) is 9.17. The Bertz CT molecular complexity index is 1860. The van der Waals surface area contributed by atoms with Crippen LogP contribution in [0.4, 0.5) is 17.2 Å². The Kier molecular flexibility index (Phi) is 7.53. The average molecular weight is 588 g/mol. The molecule has 0 aliphatic carbocycles. The van der Waals surface area contributed by atoms with Crippen molar-refractivity contribution >= 4 is 37.8 Å². The number of nitrogens with one attached hydrogen (secondary N) is 1.